The van der Waals surface area contributed by atoms with Crippen LogP contribution in [-0.4, -0.2) is 66.8 Å². The minimum atomic E-state index is -0.223. The molecule has 4 heterocycles. The third-order valence-corrected chi connectivity index (χ3v) is 6.45. The fourth-order valence-electron chi connectivity index (χ4n) is 4.48. The number of aromatic nitrogens is 6. The van der Waals surface area contributed by atoms with Gasteiger partial charge in [-0.25, -0.2) is 15.0 Å². The summed E-state index contributed by atoms with van der Waals surface area (Å²) in [6.45, 7) is 6.54. The molecule has 35 heavy (non-hydrogen) atoms. The van der Waals surface area contributed by atoms with Crippen LogP contribution in [0.25, 0.3) is 33.8 Å². The smallest absolute Gasteiger partial charge is 0.243 e. The van der Waals surface area contributed by atoms with Crippen LogP contribution in [0.2, 0.25) is 0 Å². The van der Waals surface area contributed by atoms with E-state index in [-0.39, 0.29) is 5.91 Å². The minimum Gasteiger partial charge on any atom is -0.382 e. The van der Waals surface area contributed by atoms with Gasteiger partial charge >= 0.3 is 0 Å². The first-order chi connectivity index (χ1) is 17.0. The number of likely N-dealkylation sites (tertiary alicyclic amines) is 1. The standard InChI is InChI=1S/C25H29N9O/c1-3-22(35)27-10-13-33-21-7-5-4-6-19(21)31-25(33)23-24(26)28-15-20(30-23)17-14-29-34(16-17)18-8-11-32(2)12-9-18/h3-7,14-16,18H,1,8-13H2,2H3,(H2,26,28)(H,27,35). The monoisotopic (exact) mass is 471 g/mol. The van der Waals surface area contributed by atoms with E-state index in [1.54, 1.807) is 6.20 Å². The number of nitrogen functional groups attached to an aromatic ring is 1. The van der Waals surface area contributed by atoms with Gasteiger partial charge in [0, 0.05) is 24.8 Å². The predicted octanol–water partition coefficient (Wildman–Crippen LogP) is 2.51. The lowest BCUT2D eigenvalue weighted by molar-refractivity contribution is -0.116. The molecule has 4 aromatic rings. The molecule has 0 spiro atoms. The van der Waals surface area contributed by atoms with Gasteiger partial charge in [0.15, 0.2) is 11.6 Å². The van der Waals surface area contributed by atoms with Gasteiger partial charge in [-0.15, -0.1) is 0 Å². The Bertz CT molecular complexity index is 1360. The molecule has 180 valence electrons. The van der Waals surface area contributed by atoms with Crippen molar-refractivity contribution in [3.63, 3.8) is 0 Å². The largest absolute Gasteiger partial charge is 0.382 e. The van der Waals surface area contributed by atoms with Gasteiger partial charge in [0.25, 0.3) is 0 Å². The van der Waals surface area contributed by atoms with E-state index >= 15 is 0 Å². The first-order valence-corrected chi connectivity index (χ1v) is 11.7. The predicted molar refractivity (Wildman–Crippen MR) is 135 cm³/mol. The lowest BCUT2D eigenvalue weighted by atomic mass is 10.1. The number of benzene rings is 1. The van der Waals surface area contributed by atoms with Gasteiger partial charge in [-0.05, 0) is 51.2 Å². The van der Waals surface area contributed by atoms with Gasteiger partial charge in [-0.2, -0.15) is 5.10 Å². The Morgan fingerprint density at radius 1 is 1.23 bits per heavy atom. The molecule has 1 aromatic carbocycles. The van der Waals surface area contributed by atoms with Crippen molar-refractivity contribution in [1.82, 2.24) is 39.5 Å². The number of nitrogens with one attached hydrogen (secondary N) is 1. The maximum Gasteiger partial charge on any atom is 0.243 e. The zero-order valence-electron chi connectivity index (χ0n) is 19.8. The first kappa shape index (κ1) is 22.7. The Morgan fingerprint density at radius 3 is 2.83 bits per heavy atom. The molecule has 0 bridgehead atoms. The summed E-state index contributed by atoms with van der Waals surface area (Å²) in [5.41, 5.74) is 10.1. The van der Waals surface area contributed by atoms with Crippen LogP contribution in [-0.2, 0) is 11.3 Å². The molecule has 5 rings (SSSR count). The van der Waals surface area contributed by atoms with E-state index in [0.29, 0.717) is 42.2 Å². The molecule has 1 fully saturated rings. The highest BCUT2D eigenvalue weighted by Crippen LogP contribution is 2.29. The number of anilines is 1. The minimum absolute atomic E-state index is 0.223. The maximum absolute atomic E-state index is 11.6. The first-order valence-electron chi connectivity index (χ1n) is 11.7. The fourth-order valence-corrected chi connectivity index (χ4v) is 4.48. The number of fused-ring (bicyclic) bond motifs is 1. The van der Waals surface area contributed by atoms with Gasteiger partial charge in [0.1, 0.15) is 5.69 Å². The number of carbonyl (C=O) groups excluding carboxylic acids is 1. The van der Waals surface area contributed by atoms with Crippen LogP contribution in [0.15, 0.2) is 55.5 Å². The van der Waals surface area contributed by atoms with Crippen LogP contribution in [0, 0.1) is 0 Å². The maximum atomic E-state index is 11.6. The second-order valence-corrected chi connectivity index (χ2v) is 8.80. The Morgan fingerprint density at radius 2 is 2.03 bits per heavy atom. The Labute approximate surface area is 203 Å². The van der Waals surface area contributed by atoms with E-state index in [2.05, 4.69) is 33.9 Å². The summed E-state index contributed by atoms with van der Waals surface area (Å²) in [6.07, 6.45) is 8.94. The van der Waals surface area contributed by atoms with Crippen molar-refractivity contribution in [2.45, 2.75) is 25.4 Å². The number of nitrogens with zero attached hydrogens (tertiary/aromatic N) is 7. The van der Waals surface area contributed by atoms with Crippen LogP contribution in [0.5, 0.6) is 0 Å². The van der Waals surface area contributed by atoms with Crippen LogP contribution in [0.1, 0.15) is 18.9 Å². The van der Waals surface area contributed by atoms with E-state index in [1.165, 1.54) is 6.08 Å². The molecule has 3 N–H and O–H groups in total. The Kier molecular flexibility index (Phi) is 6.28. The van der Waals surface area contributed by atoms with Gasteiger partial charge in [-0.3, -0.25) is 9.48 Å². The van der Waals surface area contributed by atoms with Gasteiger partial charge in [0.05, 0.1) is 35.2 Å². The summed E-state index contributed by atoms with van der Waals surface area (Å²) in [4.78, 5) is 28.1. The highest BCUT2D eigenvalue weighted by Gasteiger charge is 2.21. The third-order valence-electron chi connectivity index (χ3n) is 6.45. The second-order valence-electron chi connectivity index (χ2n) is 8.80. The second kappa shape index (κ2) is 9.67. The van der Waals surface area contributed by atoms with E-state index in [1.807, 2.05) is 45.9 Å². The lowest BCUT2D eigenvalue weighted by Gasteiger charge is -2.28. The van der Waals surface area contributed by atoms with Crippen molar-refractivity contribution in [1.29, 1.82) is 0 Å². The molecule has 0 radical (unpaired) electrons. The average Bonchev–Trinajstić information content (AvgIpc) is 3.50. The van der Waals surface area contributed by atoms with Crippen LogP contribution in [0.3, 0.4) is 0 Å². The highest BCUT2D eigenvalue weighted by atomic mass is 16.1. The van der Waals surface area contributed by atoms with E-state index in [4.69, 9.17) is 15.7 Å². The number of nitrogens with two attached hydrogens (primary N) is 1. The molecule has 0 atom stereocenters. The molecule has 0 unspecified atom stereocenters. The third kappa shape index (κ3) is 4.65. The summed E-state index contributed by atoms with van der Waals surface area (Å²) < 4.78 is 4.04. The van der Waals surface area contributed by atoms with Crippen molar-refractivity contribution in [2.75, 3.05) is 32.4 Å². The molecule has 3 aromatic heterocycles. The number of para-hydroxylation sites is 2. The van der Waals surface area contributed by atoms with Gasteiger partial charge in [-0.1, -0.05) is 18.7 Å². The lowest BCUT2D eigenvalue weighted by Crippen LogP contribution is -2.31. The summed E-state index contributed by atoms with van der Waals surface area (Å²) >= 11 is 0. The fraction of sp³-hybridized carbons (Fsp3) is 0.320. The van der Waals surface area contributed by atoms with Crippen molar-refractivity contribution < 1.29 is 4.79 Å². The van der Waals surface area contributed by atoms with Gasteiger partial charge < -0.3 is 20.5 Å². The molecular formula is C25H29N9O. The summed E-state index contributed by atoms with van der Waals surface area (Å²) in [6, 6.07) is 8.20. The Balaban J connectivity index is 1.48. The van der Waals surface area contributed by atoms with Crippen LogP contribution < -0.4 is 11.1 Å². The number of imidazole rings is 1. The number of hydrogen-bond acceptors (Lipinski definition) is 7. The van der Waals surface area contributed by atoms with E-state index in [0.717, 1.165) is 42.5 Å². The van der Waals surface area contributed by atoms with Crippen molar-refractivity contribution in [3.05, 3.63) is 55.5 Å². The van der Waals surface area contributed by atoms with Crippen LogP contribution in [0.4, 0.5) is 5.82 Å². The van der Waals surface area contributed by atoms with Crippen LogP contribution >= 0.6 is 0 Å². The highest BCUT2D eigenvalue weighted by molar-refractivity contribution is 5.87. The quantitative estimate of drug-likeness (QED) is 0.397. The number of piperidine rings is 1. The Hall–Kier alpha value is -4.05. The molecule has 10 heteroatoms. The number of hydrogen-bond donors (Lipinski definition) is 2. The summed E-state index contributed by atoms with van der Waals surface area (Å²) in [7, 11) is 2.15. The molecule has 1 amide bonds. The molecule has 0 aliphatic carbocycles. The zero-order chi connectivity index (χ0) is 24.4. The molecule has 10 nitrogen and oxygen atoms in total. The molecule has 0 saturated carbocycles. The zero-order valence-corrected chi connectivity index (χ0v) is 19.8. The topological polar surface area (TPSA) is 120 Å². The number of amides is 1. The molecule has 1 aliphatic heterocycles. The van der Waals surface area contributed by atoms with Crippen molar-refractivity contribution >= 4 is 22.8 Å². The molecule has 1 saturated heterocycles. The van der Waals surface area contributed by atoms with Crippen molar-refractivity contribution in [2.24, 2.45) is 0 Å². The summed E-state index contributed by atoms with van der Waals surface area (Å²) in [5, 5.41) is 7.43. The average molecular weight is 472 g/mol. The normalized spacial score (nSPS) is 14.9. The number of carbonyl (C=O) groups is 1. The number of rotatable bonds is 7. The van der Waals surface area contributed by atoms with E-state index in [9.17, 15) is 4.79 Å². The van der Waals surface area contributed by atoms with Gasteiger partial charge in [0.2, 0.25) is 5.91 Å². The molecular weight excluding hydrogens is 442 g/mol. The SMILES string of the molecule is C=CC(=O)NCCn1c(-c2nc(-c3cnn(C4CCN(C)CC4)c3)cnc2N)nc2ccccc21. The summed E-state index contributed by atoms with van der Waals surface area (Å²) in [5.74, 6) is 0.677. The molecule has 1 aliphatic rings. The van der Waals surface area contributed by atoms with Crippen molar-refractivity contribution in [3.8, 4) is 22.8 Å². The van der Waals surface area contributed by atoms with E-state index < -0.39 is 0 Å².